The van der Waals surface area contributed by atoms with E-state index in [-0.39, 0.29) is 36.8 Å². The molecule has 11 nitrogen and oxygen atoms in total. The number of amides is 5. The molecule has 3 N–H and O–H groups in total. The SMILES string of the molecule is CCOC(=O)C(C)NC(=O)N[C@@H](CC(=O)N1CCC(N2Cc3ccccc3NC2=O)CC1)C(C)=O. The molecule has 0 saturated carbocycles. The van der Waals surface area contributed by atoms with Gasteiger partial charge in [0.2, 0.25) is 5.91 Å². The third-order valence-corrected chi connectivity index (χ3v) is 6.28. The molecule has 1 aromatic rings. The summed E-state index contributed by atoms with van der Waals surface area (Å²) in [5.41, 5.74) is 1.88. The number of carbonyl (C=O) groups is 5. The highest BCUT2D eigenvalue weighted by Crippen LogP contribution is 2.27. The smallest absolute Gasteiger partial charge is 0.328 e. The number of ketones is 1. The van der Waals surface area contributed by atoms with Crippen molar-refractivity contribution in [3.8, 4) is 0 Å². The van der Waals surface area contributed by atoms with Crippen LogP contribution in [0, 0.1) is 0 Å². The molecule has 1 unspecified atom stereocenters. The molecule has 0 bridgehead atoms. The maximum Gasteiger partial charge on any atom is 0.328 e. The summed E-state index contributed by atoms with van der Waals surface area (Å²) in [6.45, 7) is 6.03. The number of anilines is 1. The number of esters is 1. The van der Waals surface area contributed by atoms with E-state index >= 15 is 0 Å². The predicted molar refractivity (Wildman–Crippen MR) is 127 cm³/mol. The van der Waals surface area contributed by atoms with Crippen LogP contribution in [-0.2, 0) is 25.7 Å². The van der Waals surface area contributed by atoms with Gasteiger partial charge in [-0.05, 0) is 45.2 Å². The van der Waals surface area contributed by atoms with Crippen LogP contribution in [0.1, 0.15) is 45.6 Å². The lowest BCUT2D eigenvalue weighted by Crippen LogP contribution is -2.53. The van der Waals surface area contributed by atoms with Crippen LogP contribution < -0.4 is 16.0 Å². The number of para-hydroxylation sites is 1. The van der Waals surface area contributed by atoms with Crippen LogP contribution in [0.2, 0.25) is 0 Å². The first-order valence-corrected chi connectivity index (χ1v) is 11.9. The van der Waals surface area contributed by atoms with Gasteiger partial charge in [0.1, 0.15) is 6.04 Å². The van der Waals surface area contributed by atoms with Gasteiger partial charge in [0.15, 0.2) is 5.78 Å². The standard InChI is InChI=1S/C24H33N5O6/c1-4-35-22(32)15(2)25-23(33)26-20(16(3)30)13-21(31)28-11-9-18(10-12-28)29-14-17-7-5-6-8-19(17)27-24(29)34/h5-8,15,18,20H,4,9-14H2,1-3H3,(H,27,34)(H2,25,26,33)/t15?,20-/m0/s1. The number of hydrogen-bond acceptors (Lipinski definition) is 6. The Kier molecular flexibility index (Phi) is 8.67. The molecule has 1 aromatic carbocycles. The molecule has 190 valence electrons. The summed E-state index contributed by atoms with van der Waals surface area (Å²) in [4.78, 5) is 64.9. The molecule has 2 heterocycles. The van der Waals surface area contributed by atoms with Gasteiger partial charge >= 0.3 is 18.0 Å². The number of fused-ring (bicyclic) bond motifs is 1. The zero-order valence-corrected chi connectivity index (χ0v) is 20.3. The van der Waals surface area contributed by atoms with Gasteiger partial charge in [-0.15, -0.1) is 0 Å². The molecule has 5 amide bonds. The highest BCUT2D eigenvalue weighted by atomic mass is 16.5. The van der Waals surface area contributed by atoms with E-state index in [4.69, 9.17) is 4.74 Å². The number of rotatable bonds is 8. The third kappa shape index (κ3) is 6.71. The van der Waals surface area contributed by atoms with Gasteiger partial charge in [0.05, 0.1) is 19.1 Å². The van der Waals surface area contributed by atoms with Crippen molar-refractivity contribution in [3.63, 3.8) is 0 Å². The number of ether oxygens (including phenoxy) is 1. The number of hydrogen-bond donors (Lipinski definition) is 3. The van der Waals surface area contributed by atoms with Crippen molar-refractivity contribution < 1.29 is 28.7 Å². The summed E-state index contributed by atoms with van der Waals surface area (Å²) in [6, 6.07) is 4.91. The predicted octanol–water partition coefficient (Wildman–Crippen LogP) is 1.62. The average Bonchev–Trinajstić information content (AvgIpc) is 2.83. The van der Waals surface area contributed by atoms with Gasteiger partial charge in [-0.1, -0.05) is 18.2 Å². The molecular formula is C24H33N5O6. The van der Waals surface area contributed by atoms with Crippen LogP contribution in [0.15, 0.2) is 24.3 Å². The van der Waals surface area contributed by atoms with Gasteiger partial charge in [-0.3, -0.25) is 9.59 Å². The molecule has 0 aromatic heterocycles. The summed E-state index contributed by atoms with van der Waals surface area (Å²) in [5, 5.41) is 7.80. The Labute approximate surface area is 204 Å². The normalized spacial score (nSPS) is 17.5. The highest BCUT2D eigenvalue weighted by molar-refractivity contribution is 5.93. The molecule has 2 aliphatic rings. The number of nitrogens with zero attached hydrogens (tertiary/aromatic N) is 2. The lowest BCUT2D eigenvalue weighted by atomic mass is 10.00. The van der Waals surface area contributed by atoms with Crippen LogP contribution in [0.25, 0.3) is 0 Å². The Morgan fingerprint density at radius 2 is 1.83 bits per heavy atom. The second-order valence-electron chi connectivity index (χ2n) is 8.79. The molecule has 1 saturated heterocycles. The van der Waals surface area contributed by atoms with E-state index in [1.54, 1.807) is 16.7 Å². The monoisotopic (exact) mass is 487 g/mol. The zero-order chi connectivity index (χ0) is 25.5. The van der Waals surface area contributed by atoms with Crippen LogP contribution >= 0.6 is 0 Å². The van der Waals surface area contributed by atoms with Gasteiger partial charge in [0.25, 0.3) is 0 Å². The van der Waals surface area contributed by atoms with Crippen LogP contribution in [-0.4, -0.2) is 77.3 Å². The van der Waals surface area contributed by atoms with Crippen LogP contribution in [0.5, 0.6) is 0 Å². The lowest BCUT2D eigenvalue weighted by Gasteiger charge is -2.40. The summed E-state index contributed by atoms with van der Waals surface area (Å²) in [6.07, 6.45) is 1.06. The molecule has 35 heavy (non-hydrogen) atoms. The molecule has 2 atom stereocenters. The van der Waals surface area contributed by atoms with Crippen molar-refractivity contribution in [2.75, 3.05) is 25.0 Å². The van der Waals surface area contributed by atoms with E-state index in [1.807, 2.05) is 24.3 Å². The van der Waals surface area contributed by atoms with Crippen molar-refractivity contribution in [1.82, 2.24) is 20.4 Å². The van der Waals surface area contributed by atoms with Crippen molar-refractivity contribution in [1.29, 1.82) is 0 Å². The first kappa shape index (κ1) is 26.0. The van der Waals surface area contributed by atoms with Crippen molar-refractivity contribution >= 4 is 35.4 Å². The second kappa shape index (κ2) is 11.7. The van der Waals surface area contributed by atoms with E-state index in [2.05, 4.69) is 16.0 Å². The minimum absolute atomic E-state index is 0.00396. The number of carbonyl (C=O) groups excluding carboxylic acids is 5. The molecule has 0 aliphatic carbocycles. The minimum Gasteiger partial charge on any atom is -0.464 e. The third-order valence-electron chi connectivity index (χ3n) is 6.28. The maximum absolute atomic E-state index is 12.9. The number of nitrogens with one attached hydrogen (secondary N) is 3. The fourth-order valence-corrected chi connectivity index (χ4v) is 4.27. The molecule has 3 rings (SSSR count). The van der Waals surface area contributed by atoms with Gasteiger partial charge in [-0.2, -0.15) is 0 Å². The summed E-state index contributed by atoms with van der Waals surface area (Å²) < 4.78 is 4.84. The summed E-state index contributed by atoms with van der Waals surface area (Å²) in [5.74, 6) is -1.21. The molecule has 2 aliphatic heterocycles. The largest absolute Gasteiger partial charge is 0.464 e. The first-order valence-electron chi connectivity index (χ1n) is 11.9. The Morgan fingerprint density at radius 1 is 1.14 bits per heavy atom. The number of Topliss-reactive ketones (excluding diaryl/α,β-unsaturated/α-hetero) is 1. The fourth-order valence-electron chi connectivity index (χ4n) is 4.27. The first-order chi connectivity index (χ1) is 16.7. The highest BCUT2D eigenvalue weighted by Gasteiger charge is 2.33. The quantitative estimate of drug-likeness (QED) is 0.477. The molecular weight excluding hydrogens is 454 g/mol. The number of piperidine rings is 1. The number of likely N-dealkylation sites (tertiary alicyclic amines) is 1. The second-order valence-corrected chi connectivity index (χ2v) is 8.79. The van der Waals surface area contributed by atoms with Crippen molar-refractivity contribution in [2.45, 2.75) is 64.7 Å². The van der Waals surface area contributed by atoms with Crippen LogP contribution in [0.3, 0.4) is 0 Å². The van der Waals surface area contributed by atoms with Crippen molar-refractivity contribution in [3.05, 3.63) is 29.8 Å². The average molecular weight is 488 g/mol. The number of urea groups is 2. The molecule has 1 fully saturated rings. The Balaban J connectivity index is 1.50. The van der Waals surface area contributed by atoms with Crippen molar-refractivity contribution in [2.24, 2.45) is 0 Å². The minimum atomic E-state index is -1.01. The summed E-state index contributed by atoms with van der Waals surface area (Å²) in [7, 11) is 0. The maximum atomic E-state index is 12.9. The van der Waals surface area contributed by atoms with E-state index < -0.39 is 24.1 Å². The molecule has 0 spiro atoms. The molecule has 11 heteroatoms. The fraction of sp³-hybridized carbons (Fsp3) is 0.542. The van der Waals surface area contributed by atoms with E-state index in [0.717, 1.165) is 11.3 Å². The van der Waals surface area contributed by atoms with Crippen LogP contribution in [0.4, 0.5) is 15.3 Å². The van der Waals surface area contributed by atoms with Gasteiger partial charge in [-0.25, -0.2) is 14.4 Å². The van der Waals surface area contributed by atoms with E-state index in [0.29, 0.717) is 32.5 Å². The lowest BCUT2D eigenvalue weighted by molar-refractivity contribution is -0.144. The summed E-state index contributed by atoms with van der Waals surface area (Å²) >= 11 is 0. The van der Waals surface area contributed by atoms with Gasteiger partial charge < -0.3 is 30.5 Å². The molecule has 0 radical (unpaired) electrons. The van der Waals surface area contributed by atoms with Gasteiger partial charge in [0, 0.05) is 31.4 Å². The van der Waals surface area contributed by atoms with E-state index in [1.165, 1.54) is 13.8 Å². The number of benzene rings is 1. The Bertz CT molecular complexity index is 975. The Morgan fingerprint density at radius 3 is 2.49 bits per heavy atom. The zero-order valence-electron chi connectivity index (χ0n) is 20.3. The Hall–Kier alpha value is -3.63. The van der Waals surface area contributed by atoms with E-state index in [9.17, 15) is 24.0 Å². The topological polar surface area (TPSA) is 137 Å².